The smallest absolute Gasteiger partial charge is 0.244 e. The van der Waals surface area contributed by atoms with Gasteiger partial charge in [-0.3, -0.25) is 4.79 Å². The molecule has 2 heterocycles. The molecule has 5 heteroatoms. The Balaban J connectivity index is 1.78. The van der Waals surface area contributed by atoms with Crippen LogP contribution in [0.15, 0.2) is 0 Å². The molecule has 0 aromatic heterocycles. The molecule has 2 rings (SSSR count). The van der Waals surface area contributed by atoms with Crippen molar-refractivity contribution in [2.24, 2.45) is 11.8 Å². The van der Waals surface area contributed by atoms with Crippen molar-refractivity contribution in [1.29, 1.82) is 0 Å². The van der Waals surface area contributed by atoms with Crippen molar-refractivity contribution in [1.82, 2.24) is 4.90 Å². The number of hydrogen-bond donors (Lipinski definition) is 0. The van der Waals surface area contributed by atoms with Crippen LogP contribution in [0.2, 0.25) is 0 Å². The third-order valence-electron chi connectivity index (χ3n) is 2.86. The van der Waals surface area contributed by atoms with Crippen molar-refractivity contribution >= 4 is 5.91 Å². The Hall–Kier alpha value is -0.710. The average Bonchev–Trinajstić information content (AvgIpc) is 2.51. The third-order valence-corrected chi connectivity index (χ3v) is 2.86. The topological polar surface area (TPSA) is 29.5 Å². The molecule has 1 unspecified atom stereocenters. The van der Waals surface area contributed by atoms with E-state index in [9.17, 15) is 13.6 Å². The van der Waals surface area contributed by atoms with E-state index in [-0.39, 0.29) is 24.9 Å². The van der Waals surface area contributed by atoms with Gasteiger partial charge in [0.05, 0.1) is 18.4 Å². The molecule has 0 aromatic rings. The van der Waals surface area contributed by atoms with Crippen LogP contribution in [0.25, 0.3) is 0 Å². The third kappa shape index (κ3) is 1.73. The zero-order valence-corrected chi connectivity index (χ0v) is 7.79. The summed E-state index contributed by atoms with van der Waals surface area (Å²) in [7, 11) is 0. The second-order valence-corrected chi connectivity index (χ2v) is 3.90. The molecule has 0 saturated carbocycles. The Morgan fingerprint density at radius 1 is 1.43 bits per heavy atom. The summed E-state index contributed by atoms with van der Waals surface area (Å²) in [5.41, 5.74) is 0. The molecule has 0 N–H and O–H groups in total. The van der Waals surface area contributed by atoms with Crippen LogP contribution in [0.3, 0.4) is 0 Å². The summed E-state index contributed by atoms with van der Waals surface area (Å²) in [6.45, 7) is 1.50. The average molecular weight is 205 g/mol. The number of halogens is 2. The zero-order chi connectivity index (χ0) is 10.1. The minimum atomic E-state index is -2.29. The number of nitrogens with zero attached hydrogens (tertiary/aromatic N) is 1. The number of amides is 1. The van der Waals surface area contributed by atoms with Gasteiger partial charge in [-0.15, -0.1) is 0 Å². The first kappa shape index (κ1) is 9.83. The van der Waals surface area contributed by atoms with E-state index in [2.05, 4.69) is 0 Å². The lowest BCUT2D eigenvalue weighted by molar-refractivity contribution is -0.146. The minimum absolute atomic E-state index is 0.0144. The first-order valence-electron chi connectivity index (χ1n) is 4.83. The Bertz CT molecular complexity index is 223. The highest BCUT2D eigenvalue weighted by atomic mass is 19.3. The van der Waals surface area contributed by atoms with Crippen molar-refractivity contribution in [2.45, 2.75) is 12.8 Å². The normalized spacial score (nSPS) is 28.2. The fourth-order valence-corrected chi connectivity index (χ4v) is 1.84. The maximum Gasteiger partial charge on any atom is 0.244 e. The SMILES string of the molecule is O=C(C1CCOC1)N1CC(C(F)F)C1. The first-order valence-corrected chi connectivity index (χ1v) is 4.83. The number of hydrogen-bond acceptors (Lipinski definition) is 2. The predicted molar refractivity (Wildman–Crippen MR) is 45.0 cm³/mol. The molecule has 2 aliphatic heterocycles. The van der Waals surface area contributed by atoms with E-state index >= 15 is 0 Å². The molecule has 0 aromatic carbocycles. The highest BCUT2D eigenvalue weighted by molar-refractivity contribution is 5.80. The van der Waals surface area contributed by atoms with Gasteiger partial charge >= 0.3 is 0 Å². The van der Waals surface area contributed by atoms with Gasteiger partial charge in [-0.2, -0.15) is 0 Å². The summed E-state index contributed by atoms with van der Waals surface area (Å²) in [4.78, 5) is 13.1. The number of rotatable bonds is 2. The summed E-state index contributed by atoms with van der Waals surface area (Å²) < 4.78 is 29.3. The minimum Gasteiger partial charge on any atom is -0.381 e. The quantitative estimate of drug-likeness (QED) is 0.665. The van der Waals surface area contributed by atoms with Gasteiger partial charge in [0, 0.05) is 19.7 Å². The van der Waals surface area contributed by atoms with Crippen LogP contribution in [0, 0.1) is 11.8 Å². The maximum absolute atomic E-state index is 12.1. The van der Waals surface area contributed by atoms with Crippen LogP contribution in [-0.4, -0.2) is 43.5 Å². The molecule has 2 saturated heterocycles. The van der Waals surface area contributed by atoms with Crippen LogP contribution in [0.4, 0.5) is 8.78 Å². The number of carbonyl (C=O) groups excluding carboxylic acids is 1. The summed E-state index contributed by atoms with van der Waals surface area (Å²) in [6.07, 6.45) is -1.56. The zero-order valence-electron chi connectivity index (χ0n) is 7.79. The highest BCUT2D eigenvalue weighted by Crippen LogP contribution is 2.26. The standard InChI is InChI=1S/C9H13F2NO2/c10-8(11)7-3-12(4-7)9(13)6-1-2-14-5-6/h6-8H,1-5H2. The van der Waals surface area contributed by atoms with E-state index in [1.807, 2.05) is 0 Å². The Morgan fingerprint density at radius 2 is 2.14 bits per heavy atom. The highest BCUT2D eigenvalue weighted by Gasteiger charge is 2.39. The van der Waals surface area contributed by atoms with Crippen LogP contribution in [0.5, 0.6) is 0 Å². The Morgan fingerprint density at radius 3 is 2.64 bits per heavy atom. The maximum atomic E-state index is 12.1. The molecule has 80 valence electrons. The van der Waals surface area contributed by atoms with Crippen LogP contribution in [0.1, 0.15) is 6.42 Å². The lowest BCUT2D eigenvalue weighted by atomic mass is 9.97. The number of carbonyl (C=O) groups is 1. The van der Waals surface area contributed by atoms with E-state index in [4.69, 9.17) is 4.74 Å². The van der Waals surface area contributed by atoms with E-state index in [0.29, 0.717) is 13.2 Å². The molecule has 0 aliphatic carbocycles. The van der Waals surface area contributed by atoms with Crippen molar-refractivity contribution in [3.8, 4) is 0 Å². The Labute approximate surface area is 81.0 Å². The van der Waals surface area contributed by atoms with Gasteiger partial charge in [-0.1, -0.05) is 0 Å². The van der Waals surface area contributed by atoms with Crippen molar-refractivity contribution in [3.05, 3.63) is 0 Å². The number of likely N-dealkylation sites (tertiary alicyclic amines) is 1. The van der Waals surface area contributed by atoms with Crippen molar-refractivity contribution < 1.29 is 18.3 Å². The monoisotopic (exact) mass is 205 g/mol. The van der Waals surface area contributed by atoms with E-state index in [1.165, 1.54) is 4.90 Å². The second-order valence-electron chi connectivity index (χ2n) is 3.90. The molecule has 0 bridgehead atoms. The van der Waals surface area contributed by atoms with Gasteiger partial charge in [-0.25, -0.2) is 8.78 Å². The van der Waals surface area contributed by atoms with E-state index in [0.717, 1.165) is 6.42 Å². The molecule has 2 fully saturated rings. The lowest BCUT2D eigenvalue weighted by Gasteiger charge is -2.39. The predicted octanol–water partition coefficient (Wildman–Crippen LogP) is 0.746. The van der Waals surface area contributed by atoms with E-state index < -0.39 is 12.3 Å². The van der Waals surface area contributed by atoms with Crippen LogP contribution in [-0.2, 0) is 9.53 Å². The fourth-order valence-electron chi connectivity index (χ4n) is 1.84. The van der Waals surface area contributed by atoms with Gasteiger partial charge in [0.1, 0.15) is 0 Å². The summed E-state index contributed by atoms with van der Waals surface area (Å²) in [5, 5.41) is 0. The summed E-state index contributed by atoms with van der Waals surface area (Å²) in [5.74, 6) is -0.714. The second kappa shape index (κ2) is 3.81. The van der Waals surface area contributed by atoms with Gasteiger partial charge in [0.25, 0.3) is 0 Å². The molecule has 14 heavy (non-hydrogen) atoms. The molecule has 0 radical (unpaired) electrons. The van der Waals surface area contributed by atoms with Gasteiger partial charge < -0.3 is 9.64 Å². The fraction of sp³-hybridized carbons (Fsp3) is 0.889. The van der Waals surface area contributed by atoms with E-state index in [1.54, 1.807) is 0 Å². The van der Waals surface area contributed by atoms with Gasteiger partial charge in [0.15, 0.2) is 0 Å². The van der Waals surface area contributed by atoms with Crippen LogP contribution < -0.4 is 0 Å². The molecule has 2 aliphatic rings. The molecule has 3 nitrogen and oxygen atoms in total. The molecular formula is C9H13F2NO2. The summed E-state index contributed by atoms with van der Waals surface area (Å²) in [6, 6.07) is 0. The first-order chi connectivity index (χ1) is 6.68. The largest absolute Gasteiger partial charge is 0.381 e. The van der Waals surface area contributed by atoms with Crippen LogP contribution >= 0.6 is 0 Å². The van der Waals surface area contributed by atoms with Crippen molar-refractivity contribution in [3.63, 3.8) is 0 Å². The molecule has 0 spiro atoms. The number of ether oxygens (including phenoxy) is 1. The Kier molecular flexibility index (Phi) is 2.67. The lowest BCUT2D eigenvalue weighted by Crippen LogP contribution is -2.54. The molecule has 1 amide bonds. The van der Waals surface area contributed by atoms with Gasteiger partial charge in [-0.05, 0) is 6.42 Å². The number of alkyl halides is 2. The van der Waals surface area contributed by atoms with Crippen molar-refractivity contribution in [2.75, 3.05) is 26.3 Å². The van der Waals surface area contributed by atoms with Gasteiger partial charge in [0.2, 0.25) is 12.3 Å². The molecular weight excluding hydrogens is 192 g/mol. The molecule has 1 atom stereocenters. The summed E-state index contributed by atoms with van der Waals surface area (Å²) >= 11 is 0.